The first kappa shape index (κ1) is 42.6. The summed E-state index contributed by atoms with van der Waals surface area (Å²) >= 11 is 0. The molecule has 256 valence electrons. The van der Waals surface area contributed by atoms with Crippen LogP contribution in [0.4, 0.5) is 0 Å². The van der Waals surface area contributed by atoms with E-state index in [1.54, 1.807) is 0 Å². The number of nitrogens with zero attached hydrogens (tertiary/aromatic N) is 4. The molecule has 0 aromatic carbocycles. The Morgan fingerprint density at radius 2 is 0.622 bits per heavy atom. The Hall–Kier alpha value is -2.40. The lowest BCUT2D eigenvalue weighted by atomic mass is 10.2. The number of hydrogen-bond donors (Lipinski definition) is 4. The molecule has 0 amide bonds. The minimum Gasteiger partial charge on any atom is -0.214 e. The highest BCUT2D eigenvalue weighted by Crippen LogP contribution is 2.39. The average Bonchev–Trinajstić information content (AvgIpc) is 2.96. The standard InChI is InChI=1S/C25H44N8O8S4/c1-24(42(34,35)30-19-11-3-7-15-26,43(36,37)31-20-12-4-8-16-27)23-25(2,44(38,39)32-21-13-5-9-17-28)45(40,41)33-22-14-6-10-18-29/h30-33H,3-14,19-23H2,1-2H3. The maximum Gasteiger partial charge on any atom is 0.233 e. The number of sulfonamides is 4. The molecule has 0 radical (unpaired) electrons. The summed E-state index contributed by atoms with van der Waals surface area (Å²) in [5.74, 6) is 0. The Bertz CT molecular complexity index is 1310. The normalized spacial score (nSPS) is 12.9. The van der Waals surface area contributed by atoms with Crippen LogP contribution in [0.5, 0.6) is 0 Å². The fraction of sp³-hybridized carbons (Fsp3) is 0.840. The highest BCUT2D eigenvalue weighted by molar-refractivity contribution is 8.10. The van der Waals surface area contributed by atoms with Gasteiger partial charge in [0.15, 0.2) is 0 Å². The third-order valence-electron chi connectivity index (χ3n) is 6.95. The van der Waals surface area contributed by atoms with E-state index in [0.717, 1.165) is 13.8 Å². The van der Waals surface area contributed by atoms with Crippen molar-refractivity contribution in [2.75, 3.05) is 26.2 Å². The van der Waals surface area contributed by atoms with Crippen LogP contribution < -0.4 is 18.9 Å². The molecular formula is C25H44N8O8S4. The molecule has 0 heterocycles. The summed E-state index contributed by atoms with van der Waals surface area (Å²) in [6, 6.07) is 7.58. The molecule has 16 nitrogen and oxygen atoms in total. The van der Waals surface area contributed by atoms with Crippen molar-refractivity contribution in [2.45, 2.75) is 105 Å². The summed E-state index contributed by atoms with van der Waals surface area (Å²) in [4.78, 5) is 0. The topological polar surface area (TPSA) is 280 Å². The fourth-order valence-corrected chi connectivity index (χ4v) is 12.2. The lowest BCUT2D eigenvalue weighted by Gasteiger charge is -2.37. The summed E-state index contributed by atoms with van der Waals surface area (Å²) in [6.45, 7) is 0.240. The van der Waals surface area contributed by atoms with Gasteiger partial charge in [0.1, 0.15) is 0 Å². The zero-order chi connectivity index (χ0) is 34.7. The Balaban J connectivity index is 6.90. The fourth-order valence-electron chi connectivity index (χ4n) is 4.01. The van der Waals surface area contributed by atoms with Gasteiger partial charge in [0, 0.05) is 58.3 Å². The van der Waals surface area contributed by atoms with E-state index in [1.807, 2.05) is 24.3 Å². The highest BCUT2D eigenvalue weighted by Gasteiger charge is 2.62. The van der Waals surface area contributed by atoms with Crippen LogP contribution in [0.2, 0.25) is 0 Å². The molecule has 0 rings (SSSR count). The van der Waals surface area contributed by atoms with Gasteiger partial charge in [-0.05, 0) is 65.2 Å². The van der Waals surface area contributed by atoms with Crippen molar-refractivity contribution in [2.24, 2.45) is 0 Å². The van der Waals surface area contributed by atoms with Crippen molar-refractivity contribution in [1.29, 1.82) is 21.0 Å². The van der Waals surface area contributed by atoms with Crippen molar-refractivity contribution in [3.05, 3.63) is 0 Å². The van der Waals surface area contributed by atoms with Gasteiger partial charge in [0.2, 0.25) is 48.3 Å². The van der Waals surface area contributed by atoms with E-state index in [4.69, 9.17) is 21.0 Å². The highest BCUT2D eigenvalue weighted by atomic mass is 32.3. The van der Waals surface area contributed by atoms with Gasteiger partial charge in [-0.25, -0.2) is 52.6 Å². The van der Waals surface area contributed by atoms with Gasteiger partial charge in [-0.2, -0.15) is 21.0 Å². The second-order valence-electron chi connectivity index (χ2n) is 10.5. The summed E-state index contributed by atoms with van der Waals surface area (Å²) in [6.07, 6.45) is 0.689. The molecule has 0 aliphatic rings. The Labute approximate surface area is 268 Å². The smallest absolute Gasteiger partial charge is 0.214 e. The summed E-state index contributed by atoms with van der Waals surface area (Å²) in [7, 11) is -20.1. The number of rotatable bonds is 26. The Kier molecular flexibility index (Phi) is 18.9. The van der Waals surface area contributed by atoms with Crippen LogP contribution in [-0.4, -0.2) is 68.0 Å². The third-order valence-corrected chi connectivity index (χ3v) is 17.0. The Morgan fingerprint density at radius 3 is 0.800 bits per heavy atom. The third kappa shape index (κ3) is 12.7. The van der Waals surface area contributed by atoms with Crippen LogP contribution >= 0.6 is 0 Å². The molecule has 0 bridgehead atoms. The molecule has 0 saturated heterocycles. The largest absolute Gasteiger partial charge is 0.233 e. The second kappa shape index (κ2) is 20.0. The van der Waals surface area contributed by atoms with E-state index < -0.39 is 54.7 Å². The molecule has 0 aromatic heterocycles. The number of nitrogens with one attached hydrogen (secondary N) is 4. The lowest BCUT2D eigenvalue weighted by molar-refractivity contribution is 0.482. The molecule has 0 aliphatic heterocycles. The van der Waals surface area contributed by atoms with E-state index >= 15 is 0 Å². The Morgan fingerprint density at radius 1 is 0.422 bits per heavy atom. The molecule has 0 fully saturated rings. The lowest BCUT2D eigenvalue weighted by Crippen LogP contribution is -2.63. The molecular weight excluding hydrogens is 669 g/mol. The van der Waals surface area contributed by atoms with E-state index in [-0.39, 0.29) is 103 Å². The van der Waals surface area contributed by atoms with E-state index in [9.17, 15) is 33.7 Å². The molecule has 20 heteroatoms. The predicted molar refractivity (Wildman–Crippen MR) is 167 cm³/mol. The van der Waals surface area contributed by atoms with Gasteiger partial charge in [-0.15, -0.1) is 0 Å². The van der Waals surface area contributed by atoms with Gasteiger partial charge in [-0.3, -0.25) is 0 Å². The van der Waals surface area contributed by atoms with Crippen molar-refractivity contribution in [1.82, 2.24) is 18.9 Å². The van der Waals surface area contributed by atoms with Crippen molar-refractivity contribution < 1.29 is 33.7 Å². The van der Waals surface area contributed by atoms with Crippen LogP contribution in [0.15, 0.2) is 0 Å². The molecule has 0 spiro atoms. The summed E-state index contributed by atoms with van der Waals surface area (Å²) in [5.41, 5.74) is 0. The number of hydrogen-bond acceptors (Lipinski definition) is 12. The molecule has 0 aromatic rings. The van der Waals surface area contributed by atoms with Gasteiger partial charge < -0.3 is 0 Å². The van der Waals surface area contributed by atoms with E-state index in [0.29, 0.717) is 0 Å². The average molecular weight is 713 g/mol. The predicted octanol–water partition coefficient (Wildman–Crippen LogP) is 1.26. The maximum absolute atomic E-state index is 13.7. The first-order valence-electron chi connectivity index (χ1n) is 14.4. The summed E-state index contributed by atoms with van der Waals surface area (Å²) < 4.78 is 112. The van der Waals surface area contributed by atoms with Crippen molar-refractivity contribution in [3.8, 4) is 24.3 Å². The minimum atomic E-state index is -5.03. The molecule has 0 aliphatic carbocycles. The second-order valence-corrected chi connectivity index (χ2v) is 19.8. The molecule has 0 saturated carbocycles. The van der Waals surface area contributed by atoms with Crippen LogP contribution in [0.25, 0.3) is 0 Å². The zero-order valence-electron chi connectivity index (χ0n) is 25.7. The van der Waals surface area contributed by atoms with Crippen LogP contribution in [0.1, 0.15) is 97.3 Å². The van der Waals surface area contributed by atoms with Crippen LogP contribution in [0.3, 0.4) is 0 Å². The van der Waals surface area contributed by atoms with Gasteiger partial charge >= 0.3 is 0 Å². The molecule has 4 N–H and O–H groups in total. The molecule has 0 atom stereocenters. The van der Waals surface area contributed by atoms with Gasteiger partial charge in [0.05, 0.1) is 24.3 Å². The minimum absolute atomic E-state index is 0.107. The summed E-state index contributed by atoms with van der Waals surface area (Å²) in [5, 5.41) is 35.0. The first-order valence-corrected chi connectivity index (χ1v) is 20.3. The molecule has 45 heavy (non-hydrogen) atoms. The van der Waals surface area contributed by atoms with Crippen LogP contribution in [-0.2, 0) is 40.1 Å². The first-order chi connectivity index (χ1) is 20.9. The maximum atomic E-state index is 13.7. The molecule has 0 unspecified atom stereocenters. The monoisotopic (exact) mass is 712 g/mol. The number of unbranched alkanes of at least 4 members (excludes halogenated alkanes) is 8. The van der Waals surface area contributed by atoms with Gasteiger partial charge in [-0.1, -0.05) is 0 Å². The van der Waals surface area contributed by atoms with Crippen molar-refractivity contribution >= 4 is 40.1 Å². The van der Waals surface area contributed by atoms with E-state index in [1.165, 1.54) is 0 Å². The SMILES string of the molecule is CC(CC(C)(S(=O)(=O)NCCCCC#N)S(=O)(=O)NCCCCC#N)(S(=O)(=O)NCCCCC#N)S(=O)(=O)NCCCCC#N. The van der Waals surface area contributed by atoms with Gasteiger partial charge in [0.25, 0.3) is 0 Å². The number of nitriles is 4. The van der Waals surface area contributed by atoms with Crippen LogP contribution in [0, 0.1) is 45.3 Å². The zero-order valence-corrected chi connectivity index (χ0v) is 29.0. The quantitative estimate of drug-likeness (QED) is 0.0923. The van der Waals surface area contributed by atoms with E-state index in [2.05, 4.69) is 18.9 Å². The van der Waals surface area contributed by atoms with Crippen molar-refractivity contribution in [3.63, 3.8) is 0 Å².